The Morgan fingerprint density at radius 3 is 1.28 bits per heavy atom. The fraction of sp³-hybridized carbons (Fsp3) is 0.772. The Bertz CT molecular complexity index is 1850. The predicted molar refractivity (Wildman–Crippen MR) is 390 cm³/mol. The zero-order chi connectivity index (χ0) is 63.4. The Morgan fingerprint density at radius 1 is 0.568 bits per heavy atom. The van der Waals surface area contributed by atoms with E-state index in [9.17, 15) is 24.0 Å². The predicted octanol–water partition coefficient (Wildman–Crippen LogP) is 17.3. The molecule has 81 heavy (non-hydrogen) atoms. The summed E-state index contributed by atoms with van der Waals surface area (Å²) in [4.78, 5) is 57.5. The van der Waals surface area contributed by atoms with Gasteiger partial charge in [-0.05, 0) is 99.5 Å². The highest BCUT2D eigenvalue weighted by atomic mass is 79.9. The fourth-order valence-electron chi connectivity index (χ4n) is 4.51. The molecule has 2 unspecified atom stereocenters. The highest BCUT2D eigenvalue weighted by molar-refractivity contribution is 9.10. The zero-order valence-corrected chi connectivity index (χ0v) is 65.5. The van der Waals surface area contributed by atoms with Gasteiger partial charge in [-0.2, -0.15) is 0 Å². The van der Waals surface area contributed by atoms with Crippen LogP contribution in [0.1, 0.15) is 159 Å². The molecule has 0 bridgehead atoms. The summed E-state index contributed by atoms with van der Waals surface area (Å²) < 4.78 is 5.43. The summed E-state index contributed by atoms with van der Waals surface area (Å²) in [7, 11) is 9.37. The van der Waals surface area contributed by atoms with E-state index in [4.69, 9.17) is 16.0 Å². The largest absolute Gasteiger partial charge is 0.417 e. The first-order valence-electron chi connectivity index (χ1n) is 26.9. The number of carbonyl (C=O) groups is 5. The molecule has 0 radical (unpaired) electrons. The average molecular weight is 1550 g/mol. The average Bonchev–Trinajstić information content (AvgIpc) is 3.28. The van der Waals surface area contributed by atoms with Gasteiger partial charge >= 0.3 is 0 Å². The Morgan fingerprint density at radius 2 is 0.926 bits per heavy atom. The number of alkyl halides is 5. The van der Waals surface area contributed by atoms with E-state index in [-0.39, 0.29) is 62.1 Å². The van der Waals surface area contributed by atoms with Crippen LogP contribution in [0.25, 0.3) is 0 Å². The molecular weight excluding hydrogens is 1440 g/mol. The standard InChI is InChI=1S/C17H35BrN2O3Si.C10H20BrNOS2.C10H12BrNO.C10H20ClNS2.C9H18BrNOS2.CH4/c1-16(2,3)14(21)19-10-8-12-23-24(6,7)13-9-11-20-15(22)17(4,5)18;1-9(2,3)15-14-7-6-12-8(13)10(4,5)11;1-10(2,11)9(13)12-8-6-4-3-5-7-8;1-8(11)9(2)12-6-7-13-14-10(3,4)5;1-7(10)8(12)11-5-6-13-14-9(2,3)4;/h8-13H2,1-7H3,(H,19,21)(H,20,22);6-7H2,1-5H3,(H,12,13);3-7H,1-2H3,(H,12,13);8,12H,2,6-7H2,1,3-5H3;7H,5-6H2,1-4H3,(H,11,12);1H4. The maximum Gasteiger partial charge on any atom is 0.240 e. The molecule has 2 atom stereocenters. The van der Waals surface area contributed by atoms with Crippen LogP contribution in [0.3, 0.4) is 0 Å². The number of amides is 5. The van der Waals surface area contributed by atoms with Gasteiger partial charge in [-0.1, -0.05) is 244 Å². The lowest BCUT2D eigenvalue weighted by Crippen LogP contribution is -2.39. The number of nitrogens with one attached hydrogen (secondary N) is 6. The fourth-order valence-corrected chi connectivity index (χ4v) is 13.5. The number of benzene rings is 1. The molecule has 0 heterocycles. The SMILES string of the molecule is C.C=C(NCCSSC(C)(C)C)C(C)Cl.CC(Br)C(=O)NCCSSC(C)(C)C.CC(C)(Br)C(=O)Nc1ccccc1.CC(C)(C)C(=O)NCCCO[Si](C)(C)CCCNC(=O)C(C)(C)Br.CC(C)(C)SSCCNC(=O)C(C)(C)Br. The third-order valence-electron chi connectivity index (χ3n) is 8.93. The Labute approximate surface area is 558 Å². The van der Waals surface area contributed by atoms with E-state index in [1.807, 2.05) is 150 Å². The van der Waals surface area contributed by atoms with Gasteiger partial charge in [-0.3, -0.25) is 24.0 Å². The van der Waals surface area contributed by atoms with Crippen molar-refractivity contribution in [2.75, 3.05) is 61.9 Å². The number of halogens is 5. The molecule has 6 N–H and O–H groups in total. The molecule has 1 rings (SSSR count). The van der Waals surface area contributed by atoms with Crippen LogP contribution >= 0.6 is 140 Å². The van der Waals surface area contributed by atoms with Crippen molar-refractivity contribution in [3.63, 3.8) is 0 Å². The normalized spacial score (nSPS) is 12.7. The molecule has 0 aliphatic rings. The van der Waals surface area contributed by atoms with Gasteiger partial charge in [0.2, 0.25) is 29.5 Å². The summed E-state index contributed by atoms with van der Waals surface area (Å²) in [6, 6.07) is 10.4. The number of anilines is 1. The van der Waals surface area contributed by atoms with Gasteiger partial charge in [-0.25, -0.2) is 0 Å². The van der Waals surface area contributed by atoms with E-state index < -0.39 is 21.3 Å². The molecule has 0 saturated heterocycles. The molecular formula is C57H109Br4ClN6O6S6Si. The number of allylic oxidation sites excluding steroid dienone is 1. The van der Waals surface area contributed by atoms with Gasteiger partial charge in [-0.15, -0.1) is 11.6 Å². The third-order valence-corrected chi connectivity index (χ3v) is 23.3. The van der Waals surface area contributed by atoms with Crippen LogP contribution in [0.2, 0.25) is 19.1 Å². The van der Waals surface area contributed by atoms with Crippen LogP contribution in [-0.2, 0) is 28.4 Å². The molecule has 0 spiro atoms. The van der Waals surface area contributed by atoms with Gasteiger partial charge in [0.15, 0.2) is 8.32 Å². The second-order valence-corrected chi connectivity index (χ2v) is 46.4. The second kappa shape index (κ2) is 45.8. The van der Waals surface area contributed by atoms with Crippen molar-refractivity contribution >= 4 is 184 Å². The van der Waals surface area contributed by atoms with Gasteiger partial charge in [0.1, 0.15) is 0 Å². The molecule has 0 aliphatic heterocycles. The van der Waals surface area contributed by atoms with Crippen molar-refractivity contribution in [2.45, 2.75) is 215 Å². The Hall–Kier alpha value is 0.597. The summed E-state index contributed by atoms with van der Waals surface area (Å²) in [5, 5.41) is 17.6. The number of rotatable bonds is 28. The smallest absolute Gasteiger partial charge is 0.240 e. The van der Waals surface area contributed by atoms with Gasteiger partial charge in [0, 0.05) is 87.6 Å². The van der Waals surface area contributed by atoms with Crippen LogP contribution in [0, 0.1) is 5.41 Å². The molecule has 1 aromatic carbocycles. The maximum atomic E-state index is 11.7. The van der Waals surface area contributed by atoms with Crippen LogP contribution in [0.15, 0.2) is 42.6 Å². The molecule has 0 saturated carbocycles. The third kappa shape index (κ3) is 63.4. The number of para-hydroxylation sites is 1. The van der Waals surface area contributed by atoms with Crippen molar-refractivity contribution in [3.05, 3.63) is 42.6 Å². The second-order valence-electron chi connectivity index (χ2n) is 24.3. The van der Waals surface area contributed by atoms with E-state index in [2.05, 4.69) is 178 Å². The molecule has 0 aliphatic carbocycles. The lowest BCUT2D eigenvalue weighted by atomic mass is 9.96. The van der Waals surface area contributed by atoms with E-state index in [0.717, 1.165) is 67.2 Å². The first-order valence-corrected chi connectivity index (χ1v) is 40.7. The lowest BCUT2D eigenvalue weighted by molar-refractivity contribution is -0.128. The maximum absolute atomic E-state index is 11.7. The van der Waals surface area contributed by atoms with Crippen molar-refractivity contribution < 1.29 is 28.4 Å². The van der Waals surface area contributed by atoms with Gasteiger partial charge < -0.3 is 36.3 Å². The summed E-state index contributed by atoms with van der Waals surface area (Å²) in [6.45, 7) is 52.8. The number of carbonyl (C=O) groups excluding carboxylic acids is 5. The van der Waals surface area contributed by atoms with Gasteiger partial charge in [0.05, 0.1) is 23.2 Å². The highest BCUT2D eigenvalue weighted by Crippen LogP contribution is 2.36. The van der Waals surface area contributed by atoms with Crippen LogP contribution in [0.4, 0.5) is 5.69 Å². The number of hydrogen-bond acceptors (Lipinski definition) is 13. The monoisotopic (exact) mass is 1540 g/mol. The van der Waals surface area contributed by atoms with Crippen molar-refractivity contribution in [1.29, 1.82) is 0 Å². The molecule has 478 valence electrons. The minimum absolute atomic E-state index is 0. The first kappa shape index (κ1) is 90.3. The Kier molecular flexibility index (Phi) is 51.1. The summed E-state index contributed by atoms with van der Waals surface area (Å²) in [5.41, 5.74) is 1.39. The van der Waals surface area contributed by atoms with Crippen molar-refractivity contribution in [2.24, 2.45) is 5.41 Å². The van der Waals surface area contributed by atoms with E-state index in [1.165, 1.54) is 0 Å². The number of hydrogen-bond donors (Lipinski definition) is 6. The van der Waals surface area contributed by atoms with Crippen LogP contribution < -0.4 is 31.9 Å². The molecule has 24 heteroatoms. The van der Waals surface area contributed by atoms with Crippen LogP contribution in [-0.4, -0.2) is 132 Å². The lowest BCUT2D eigenvalue weighted by Gasteiger charge is -2.24. The highest BCUT2D eigenvalue weighted by Gasteiger charge is 2.27. The summed E-state index contributed by atoms with van der Waals surface area (Å²) in [5.74, 6) is 3.12. The van der Waals surface area contributed by atoms with Gasteiger partial charge in [0.25, 0.3) is 0 Å². The molecule has 1 aromatic rings. The first-order chi connectivity index (χ1) is 36.0. The molecule has 12 nitrogen and oxygen atoms in total. The van der Waals surface area contributed by atoms with E-state index >= 15 is 0 Å². The van der Waals surface area contributed by atoms with Crippen LogP contribution in [0.5, 0.6) is 0 Å². The summed E-state index contributed by atoms with van der Waals surface area (Å²) >= 11 is 19.0. The molecule has 0 fully saturated rings. The molecule has 5 amide bonds. The van der Waals surface area contributed by atoms with Crippen molar-refractivity contribution in [1.82, 2.24) is 26.6 Å². The molecule has 0 aromatic heterocycles. The summed E-state index contributed by atoms with van der Waals surface area (Å²) in [6.07, 6.45) is 1.75. The zero-order valence-electron chi connectivity index (χ0n) is 52.5. The van der Waals surface area contributed by atoms with E-state index in [1.54, 1.807) is 21.6 Å². The quantitative estimate of drug-likeness (QED) is 0.0203. The minimum atomic E-state index is -1.71. The van der Waals surface area contributed by atoms with E-state index in [0.29, 0.717) is 24.4 Å². The minimum Gasteiger partial charge on any atom is -0.417 e. The topological polar surface area (TPSA) is 167 Å². The Balaban J connectivity index is -0.000000303. The van der Waals surface area contributed by atoms with Crippen molar-refractivity contribution in [3.8, 4) is 0 Å².